The highest BCUT2D eigenvalue weighted by molar-refractivity contribution is 14.1. The van der Waals surface area contributed by atoms with Crippen LogP contribution in [0.1, 0.15) is 39.5 Å². The summed E-state index contributed by atoms with van der Waals surface area (Å²) in [6.07, 6.45) is 4.03. The summed E-state index contributed by atoms with van der Waals surface area (Å²) in [6.45, 7) is 3.46. The third-order valence-electron chi connectivity index (χ3n) is 1.99. The molecule has 0 saturated carbocycles. The maximum absolute atomic E-state index is 10.6. The molecule has 3 heteroatoms. The molecular formula is C9H16IO2-. The van der Waals surface area contributed by atoms with Crippen molar-refractivity contribution in [3.63, 3.8) is 0 Å². The minimum Gasteiger partial charge on any atom is -0.550 e. The smallest absolute Gasteiger partial charge is 0.0470 e. The Morgan fingerprint density at radius 3 is 2.33 bits per heavy atom. The molecule has 0 fully saturated rings. The van der Waals surface area contributed by atoms with E-state index in [9.17, 15) is 9.90 Å². The minimum atomic E-state index is -0.933. The van der Waals surface area contributed by atoms with Crippen LogP contribution < -0.4 is 5.11 Å². The third-order valence-corrected chi connectivity index (χ3v) is 2.75. The summed E-state index contributed by atoms with van der Waals surface area (Å²) in [6, 6.07) is 0. The van der Waals surface area contributed by atoms with Crippen LogP contribution in [-0.4, -0.2) is 10.4 Å². The largest absolute Gasteiger partial charge is 0.550 e. The topological polar surface area (TPSA) is 40.1 Å². The van der Waals surface area contributed by atoms with E-state index in [2.05, 4.69) is 22.6 Å². The predicted octanol–water partition coefficient (Wildman–Crippen LogP) is 1.76. The number of carbonyl (C=O) groups is 1. The summed E-state index contributed by atoms with van der Waals surface area (Å²) >= 11 is 2.33. The van der Waals surface area contributed by atoms with Gasteiger partial charge in [-0.25, -0.2) is 0 Å². The molecule has 0 aliphatic rings. The molecule has 0 heterocycles. The van der Waals surface area contributed by atoms with Gasteiger partial charge in [-0.3, -0.25) is 0 Å². The van der Waals surface area contributed by atoms with Crippen molar-refractivity contribution in [3.05, 3.63) is 0 Å². The first-order valence-corrected chi connectivity index (χ1v) is 5.80. The maximum Gasteiger partial charge on any atom is 0.0470 e. The number of unbranched alkanes of at least 4 members (excludes halogenated alkanes) is 2. The molecule has 0 bridgehead atoms. The monoisotopic (exact) mass is 283 g/mol. The number of carbonyl (C=O) groups excluding carboxylic acids is 1. The molecule has 0 atom stereocenters. The molecule has 72 valence electrons. The predicted molar refractivity (Wildman–Crippen MR) is 56.1 cm³/mol. The summed E-state index contributed by atoms with van der Waals surface area (Å²) in [5.41, 5.74) is -0.648. The van der Waals surface area contributed by atoms with Crippen molar-refractivity contribution in [2.45, 2.75) is 39.5 Å². The standard InChI is InChI=1S/C9H17IO2/c1-9(2,8(11)12)6-4-3-5-7-10/h3-7H2,1-2H3,(H,11,12)/p-1. The van der Waals surface area contributed by atoms with Gasteiger partial charge in [0.25, 0.3) is 0 Å². The lowest BCUT2D eigenvalue weighted by atomic mass is 9.87. The second-order valence-corrected chi connectivity index (χ2v) is 4.75. The van der Waals surface area contributed by atoms with E-state index in [-0.39, 0.29) is 0 Å². The van der Waals surface area contributed by atoms with Crippen molar-refractivity contribution in [1.82, 2.24) is 0 Å². The molecule has 0 spiro atoms. The van der Waals surface area contributed by atoms with Crippen LogP contribution in [0.15, 0.2) is 0 Å². The van der Waals surface area contributed by atoms with Gasteiger partial charge in [-0.15, -0.1) is 0 Å². The van der Waals surface area contributed by atoms with E-state index in [0.29, 0.717) is 0 Å². The first-order chi connectivity index (χ1) is 5.50. The van der Waals surface area contributed by atoms with Crippen molar-refractivity contribution >= 4 is 28.6 Å². The van der Waals surface area contributed by atoms with E-state index in [4.69, 9.17) is 0 Å². The molecule has 0 amide bonds. The van der Waals surface area contributed by atoms with Crippen molar-refractivity contribution in [2.24, 2.45) is 5.41 Å². The fourth-order valence-electron chi connectivity index (χ4n) is 0.940. The van der Waals surface area contributed by atoms with Gasteiger partial charge in [0.1, 0.15) is 0 Å². The zero-order valence-corrected chi connectivity index (χ0v) is 9.89. The average molecular weight is 283 g/mol. The Hall–Kier alpha value is 0.200. The van der Waals surface area contributed by atoms with Crippen molar-refractivity contribution in [2.75, 3.05) is 4.43 Å². The molecule has 0 N–H and O–H groups in total. The number of alkyl halides is 1. The molecule has 0 aromatic heterocycles. The number of carboxylic acid groups (broad SMARTS) is 1. The van der Waals surface area contributed by atoms with Crippen LogP contribution in [0.2, 0.25) is 0 Å². The van der Waals surface area contributed by atoms with E-state index in [0.717, 1.165) is 23.7 Å². The molecule has 2 nitrogen and oxygen atoms in total. The number of rotatable bonds is 6. The molecule has 0 aromatic rings. The fourth-order valence-corrected chi connectivity index (χ4v) is 1.48. The van der Waals surface area contributed by atoms with Crippen LogP contribution >= 0.6 is 22.6 Å². The summed E-state index contributed by atoms with van der Waals surface area (Å²) in [5, 5.41) is 10.6. The SMILES string of the molecule is CC(C)(CCCCCI)C(=O)[O-]. The van der Waals surface area contributed by atoms with E-state index >= 15 is 0 Å². The Kier molecular flexibility index (Phi) is 5.88. The second-order valence-electron chi connectivity index (χ2n) is 3.67. The third kappa shape index (κ3) is 4.95. The molecule has 0 saturated heterocycles. The normalized spacial score (nSPS) is 11.6. The van der Waals surface area contributed by atoms with Crippen LogP contribution in [0.3, 0.4) is 0 Å². The van der Waals surface area contributed by atoms with Gasteiger partial charge in [0, 0.05) is 11.4 Å². The summed E-state index contributed by atoms with van der Waals surface area (Å²) in [5.74, 6) is -0.933. The number of halogens is 1. The Labute approximate surface area is 87.9 Å². The highest BCUT2D eigenvalue weighted by Crippen LogP contribution is 2.22. The Morgan fingerprint density at radius 2 is 1.92 bits per heavy atom. The van der Waals surface area contributed by atoms with Crippen LogP contribution in [0.5, 0.6) is 0 Å². The summed E-state index contributed by atoms with van der Waals surface area (Å²) in [4.78, 5) is 10.6. The van der Waals surface area contributed by atoms with Crippen molar-refractivity contribution < 1.29 is 9.90 Å². The minimum absolute atomic E-state index is 0.648. The van der Waals surface area contributed by atoms with Gasteiger partial charge in [0.2, 0.25) is 0 Å². The Bertz CT molecular complexity index is 143. The highest BCUT2D eigenvalue weighted by atomic mass is 127. The molecule has 0 unspecified atom stereocenters. The molecule has 0 rings (SSSR count). The zero-order valence-electron chi connectivity index (χ0n) is 7.73. The highest BCUT2D eigenvalue weighted by Gasteiger charge is 2.17. The lowest BCUT2D eigenvalue weighted by Gasteiger charge is -2.25. The number of hydrogen-bond acceptors (Lipinski definition) is 2. The Balaban J connectivity index is 3.54. The van der Waals surface area contributed by atoms with E-state index in [1.165, 1.54) is 6.42 Å². The zero-order chi connectivity index (χ0) is 9.61. The lowest BCUT2D eigenvalue weighted by molar-refractivity contribution is -0.317. The first kappa shape index (κ1) is 12.2. The lowest BCUT2D eigenvalue weighted by Crippen LogP contribution is -2.37. The van der Waals surface area contributed by atoms with Crippen LogP contribution in [0.25, 0.3) is 0 Å². The van der Waals surface area contributed by atoms with Crippen molar-refractivity contribution in [3.8, 4) is 0 Å². The van der Waals surface area contributed by atoms with Gasteiger partial charge in [0.05, 0.1) is 0 Å². The van der Waals surface area contributed by atoms with Gasteiger partial charge in [-0.2, -0.15) is 0 Å². The quantitative estimate of drug-likeness (QED) is 0.423. The van der Waals surface area contributed by atoms with E-state index < -0.39 is 11.4 Å². The number of hydrogen-bond donors (Lipinski definition) is 0. The van der Waals surface area contributed by atoms with Gasteiger partial charge in [-0.1, -0.05) is 49.3 Å². The molecule has 0 aliphatic heterocycles. The molecule has 0 aliphatic carbocycles. The van der Waals surface area contributed by atoms with Gasteiger partial charge in [-0.05, 0) is 17.3 Å². The van der Waals surface area contributed by atoms with E-state index in [1.54, 1.807) is 13.8 Å². The van der Waals surface area contributed by atoms with Crippen LogP contribution in [0, 0.1) is 5.41 Å². The number of carboxylic acids is 1. The molecule has 0 aromatic carbocycles. The van der Waals surface area contributed by atoms with Crippen LogP contribution in [-0.2, 0) is 4.79 Å². The van der Waals surface area contributed by atoms with Crippen molar-refractivity contribution in [1.29, 1.82) is 0 Å². The summed E-state index contributed by atoms with van der Waals surface area (Å²) < 4.78 is 1.16. The molecule has 12 heavy (non-hydrogen) atoms. The first-order valence-electron chi connectivity index (χ1n) is 4.28. The molecular weight excluding hydrogens is 267 g/mol. The fraction of sp³-hybridized carbons (Fsp3) is 0.889. The van der Waals surface area contributed by atoms with E-state index in [1.807, 2.05) is 0 Å². The van der Waals surface area contributed by atoms with Gasteiger partial charge < -0.3 is 9.90 Å². The van der Waals surface area contributed by atoms with Gasteiger partial charge in [0.15, 0.2) is 0 Å². The second kappa shape index (κ2) is 5.78. The van der Waals surface area contributed by atoms with Gasteiger partial charge >= 0.3 is 0 Å². The Morgan fingerprint density at radius 1 is 1.33 bits per heavy atom. The molecule has 0 radical (unpaired) electrons. The maximum atomic E-state index is 10.6. The number of aliphatic carboxylic acids is 1. The van der Waals surface area contributed by atoms with Crippen LogP contribution in [0.4, 0.5) is 0 Å². The average Bonchev–Trinajstić information content (AvgIpc) is 1.98. The summed E-state index contributed by atoms with van der Waals surface area (Å²) in [7, 11) is 0.